The van der Waals surface area contributed by atoms with Gasteiger partial charge in [-0.15, -0.1) is 6.58 Å². The molecule has 0 saturated carbocycles. The summed E-state index contributed by atoms with van der Waals surface area (Å²) in [6.45, 7) is 7.66. The zero-order valence-electron chi connectivity index (χ0n) is 8.46. The Balaban J connectivity index is 2.64. The van der Waals surface area contributed by atoms with Gasteiger partial charge in [-0.1, -0.05) is 6.08 Å². The van der Waals surface area contributed by atoms with Gasteiger partial charge in [0.25, 0.3) is 0 Å². The first-order valence-electron chi connectivity index (χ1n) is 4.64. The Labute approximate surface area is 82.9 Å². The molecule has 0 aliphatic carbocycles. The van der Waals surface area contributed by atoms with Crippen molar-refractivity contribution in [1.82, 2.24) is 15.0 Å². The van der Waals surface area contributed by atoms with Crippen molar-refractivity contribution < 1.29 is 0 Å². The van der Waals surface area contributed by atoms with Crippen LogP contribution in [0.25, 0.3) is 11.0 Å². The van der Waals surface area contributed by atoms with E-state index in [1.165, 1.54) is 0 Å². The summed E-state index contributed by atoms with van der Waals surface area (Å²) < 4.78 is 0. The molecule has 0 saturated heterocycles. The highest BCUT2D eigenvalue weighted by Gasteiger charge is 2.05. The van der Waals surface area contributed by atoms with Crippen LogP contribution in [0.2, 0.25) is 0 Å². The zero-order valence-corrected chi connectivity index (χ0v) is 8.46. The summed E-state index contributed by atoms with van der Waals surface area (Å²) in [5.74, 6) is 0.950. The van der Waals surface area contributed by atoms with E-state index in [9.17, 15) is 0 Å². The van der Waals surface area contributed by atoms with E-state index in [1.807, 2.05) is 26.0 Å². The van der Waals surface area contributed by atoms with Crippen molar-refractivity contribution in [1.29, 1.82) is 0 Å². The molecule has 3 heteroatoms. The van der Waals surface area contributed by atoms with Gasteiger partial charge in [0.1, 0.15) is 11.3 Å². The SMILES string of the molecule is C=CCc1nc2c(C)nc(C)cc2[nH]1. The predicted octanol–water partition coefficient (Wildman–Crippen LogP) is 2.30. The van der Waals surface area contributed by atoms with Crippen molar-refractivity contribution in [3.63, 3.8) is 0 Å². The van der Waals surface area contributed by atoms with Crippen molar-refractivity contribution in [3.05, 3.63) is 35.9 Å². The first-order chi connectivity index (χ1) is 6.70. The Bertz CT molecular complexity index is 482. The van der Waals surface area contributed by atoms with Crippen molar-refractivity contribution in [3.8, 4) is 0 Å². The number of rotatable bonds is 2. The first kappa shape index (κ1) is 8.94. The Hall–Kier alpha value is -1.64. The van der Waals surface area contributed by atoms with E-state index < -0.39 is 0 Å². The van der Waals surface area contributed by atoms with Gasteiger partial charge in [-0.2, -0.15) is 0 Å². The minimum Gasteiger partial charge on any atom is -0.342 e. The summed E-state index contributed by atoms with van der Waals surface area (Å²) in [6, 6.07) is 2.02. The van der Waals surface area contributed by atoms with E-state index in [2.05, 4.69) is 21.5 Å². The lowest BCUT2D eigenvalue weighted by Crippen LogP contribution is -1.86. The molecule has 2 rings (SSSR count). The fourth-order valence-electron chi connectivity index (χ4n) is 1.61. The van der Waals surface area contributed by atoms with E-state index >= 15 is 0 Å². The molecule has 0 spiro atoms. The van der Waals surface area contributed by atoms with Crippen LogP contribution < -0.4 is 0 Å². The second-order valence-electron chi connectivity index (χ2n) is 3.42. The molecule has 0 aliphatic heterocycles. The minimum absolute atomic E-state index is 0.771. The normalized spacial score (nSPS) is 10.7. The Kier molecular flexibility index (Phi) is 2.08. The average molecular weight is 187 g/mol. The number of H-pyrrole nitrogens is 1. The maximum atomic E-state index is 4.45. The van der Waals surface area contributed by atoms with Crippen LogP contribution in [-0.2, 0) is 6.42 Å². The van der Waals surface area contributed by atoms with E-state index in [0.717, 1.165) is 34.7 Å². The van der Waals surface area contributed by atoms with Crippen LogP contribution in [0.1, 0.15) is 17.2 Å². The van der Waals surface area contributed by atoms with Gasteiger partial charge in [0.05, 0.1) is 11.2 Å². The maximum absolute atomic E-state index is 4.45. The largest absolute Gasteiger partial charge is 0.342 e. The molecular formula is C11H13N3. The van der Waals surface area contributed by atoms with E-state index in [0.29, 0.717) is 0 Å². The number of nitrogens with one attached hydrogen (secondary N) is 1. The Morgan fingerprint density at radius 3 is 2.93 bits per heavy atom. The summed E-state index contributed by atoms with van der Waals surface area (Å²) in [4.78, 5) is 12.1. The molecule has 0 radical (unpaired) electrons. The standard InChI is InChI=1S/C11H13N3/c1-4-5-10-13-9-6-7(2)12-8(3)11(9)14-10/h4,6H,1,5H2,2-3H3,(H,13,14). The molecule has 3 nitrogen and oxygen atoms in total. The quantitative estimate of drug-likeness (QED) is 0.733. The molecule has 1 N–H and O–H groups in total. The third-order valence-electron chi connectivity index (χ3n) is 2.16. The molecule has 72 valence electrons. The van der Waals surface area contributed by atoms with Gasteiger partial charge in [0.2, 0.25) is 0 Å². The number of allylic oxidation sites excluding steroid dienone is 1. The van der Waals surface area contributed by atoms with E-state index in [4.69, 9.17) is 0 Å². The molecule has 0 unspecified atom stereocenters. The second-order valence-corrected chi connectivity index (χ2v) is 3.42. The lowest BCUT2D eigenvalue weighted by Gasteiger charge is -1.95. The molecule has 0 aliphatic rings. The van der Waals surface area contributed by atoms with Crippen LogP contribution in [0.15, 0.2) is 18.7 Å². The highest BCUT2D eigenvalue weighted by atomic mass is 14.9. The second kappa shape index (κ2) is 3.25. The molecule has 0 atom stereocenters. The molecule has 2 heterocycles. The summed E-state index contributed by atoms with van der Waals surface area (Å²) in [7, 11) is 0. The molecular weight excluding hydrogens is 174 g/mol. The fraction of sp³-hybridized carbons (Fsp3) is 0.273. The lowest BCUT2D eigenvalue weighted by atomic mass is 10.3. The average Bonchev–Trinajstić information content (AvgIpc) is 2.48. The van der Waals surface area contributed by atoms with E-state index in [1.54, 1.807) is 0 Å². The van der Waals surface area contributed by atoms with Crippen molar-refractivity contribution in [2.75, 3.05) is 0 Å². The Morgan fingerprint density at radius 2 is 2.21 bits per heavy atom. The molecule has 14 heavy (non-hydrogen) atoms. The number of nitrogens with zero attached hydrogens (tertiary/aromatic N) is 2. The highest BCUT2D eigenvalue weighted by molar-refractivity contribution is 5.77. The van der Waals surface area contributed by atoms with Crippen LogP contribution in [0.4, 0.5) is 0 Å². The van der Waals surface area contributed by atoms with Crippen molar-refractivity contribution in [2.45, 2.75) is 20.3 Å². The minimum atomic E-state index is 0.771. The van der Waals surface area contributed by atoms with Crippen molar-refractivity contribution >= 4 is 11.0 Å². The summed E-state index contributed by atoms with van der Waals surface area (Å²) in [6.07, 6.45) is 2.61. The highest BCUT2D eigenvalue weighted by Crippen LogP contribution is 2.15. The van der Waals surface area contributed by atoms with Crippen LogP contribution in [-0.4, -0.2) is 15.0 Å². The molecule has 0 fully saturated rings. The summed E-state index contributed by atoms with van der Waals surface area (Å²) in [5.41, 5.74) is 4.02. The number of aromatic nitrogens is 3. The predicted molar refractivity (Wildman–Crippen MR) is 57.3 cm³/mol. The van der Waals surface area contributed by atoms with Crippen molar-refractivity contribution in [2.24, 2.45) is 0 Å². The number of imidazole rings is 1. The smallest absolute Gasteiger partial charge is 0.111 e. The number of aromatic amines is 1. The molecule has 2 aromatic heterocycles. The van der Waals surface area contributed by atoms with Gasteiger partial charge < -0.3 is 4.98 Å². The Morgan fingerprint density at radius 1 is 1.43 bits per heavy atom. The van der Waals surface area contributed by atoms with Crippen LogP contribution in [0.5, 0.6) is 0 Å². The van der Waals surface area contributed by atoms with Gasteiger partial charge in [-0.3, -0.25) is 4.98 Å². The first-order valence-corrected chi connectivity index (χ1v) is 4.64. The molecule has 0 aromatic carbocycles. The van der Waals surface area contributed by atoms with Gasteiger partial charge in [-0.05, 0) is 19.9 Å². The monoisotopic (exact) mass is 187 g/mol. The number of hydrogen-bond donors (Lipinski definition) is 1. The lowest BCUT2D eigenvalue weighted by molar-refractivity contribution is 1.07. The molecule has 0 amide bonds. The molecule has 0 bridgehead atoms. The molecule has 2 aromatic rings. The zero-order chi connectivity index (χ0) is 10.1. The summed E-state index contributed by atoms with van der Waals surface area (Å²) in [5, 5.41) is 0. The van der Waals surface area contributed by atoms with Crippen LogP contribution >= 0.6 is 0 Å². The summed E-state index contributed by atoms with van der Waals surface area (Å²) >= 11 is 0. The fourth-order valence-corrected chi connectivity index (χ4v) is 1.61. The van der Waals surface area contributed by atoms with Crippen LogP contribution in [0, 0.1) is 13.8 Å². The third-order valence-corrected chi connectivity index (χ3v) is 2.16. The number of hydrogen-bond acceptors (Lipinski definition) is 2. The van der Waals surface area contributed by atoms with Gasteiger partial charge >= 0.3 is 0 Å². The number of pyridine rings is 1. The number of aryl methyl sites for hydroxylation is 2. The third kappa shape index (κ3) is 1.41. The number of fused-ring (bicyclic) bond motifs is 1. The van der Waals surface area contributed by atoms with Gasteiger partial charge in [0.15, 0.2) is 0 Å². The van der Waals surface area contributed by atoms with Gasteiger partial charge in [0, 0.05) is 12.1 Å². The topological polar surface area (TPSA) is 41.6 Å². The maximum Gasteiger partial charge on any atom is 0.111 e. The van der Waals surface area contributed by atoms with E-state index in [-0.39, 0.29) is 0 Å². The van der Waals surface area contributed by atoms with Crippen LogP contribution in [0.3, 0.4) is 0 Å². The van der Waals surface area contributed by atoms with Gasteiger partial charge in [-0.25, -0.2) is 4.98 Å².